The number of halogens is 1. The molecule has 2 aromatic carbocycles. The first-order valence-corrected chi connectivity index (χ1v) is 7.97. The maximum Gasteiger partial charge on any atom is 0.249 e. The minimum atomic E-state index is 0.413. The number of aromatic nitrogens is 3. The highest BCUT2D eigenvalue weighted by Gasteiger charge is 2.07. The Morgan fingerprint density at radius 3 is 2.62 bits per heavy atom. The van der Waals surface area contributed by atoms with E-state index in [0.717, 1.165) is 22.5 Å². The summed E-state index contributed by atoms with van der Waals surface area (Å²) in [6, 6.07) is 11.9. The van der Waals surface area contributed by atoms with Crippen molar-refractivity contribution < 1.29 is 0 Å². The van der Waals surface area contributed by atoms with Crippen molar-refractivity contribution in [3.8, 4) is 0 Å². The van der Waals surface area contributed by atoms with Gasteiger partial charge in [-0.2, -0.15) is 10.1 Å². The Bertz CT molecular complexity index is 860. The van der Waals surface area contributed by atoms with Crippen molar-refractivity contribution in [2.75, 3.05) is 10.6 Å². The average molecular weight is 340 g/mol. The first kappa shape index (κ1) is 16.2. The molecule has 0 amide bonds. The summed E-state index contributed by atoms with van der Waals surface area (Å²) in [5, 5.41) is 15.2. The second-order valence-corrected chi connectivity index (χ2v) is 6.05. The highest BCUT2D eigenvalue weighted by Crippen LogP contribution is 2.25. The summed E-state index contributed by atoms with van der Waals surface area (Å²) in [5.41, 5.74) is 5.11. The summed E-state index contributed by atoms with van der Waals surface area (Å²) < 4.78 is 0. The van der Waals surface area contributed by atoms with E-state index in [1.807, 2.05) is 32.0 Å². The molecule has 24 heavy (non-hydrogen) atoms. The van der Waals surface area contributed by atoms with E-state index in [0.29, 0.717) is 16.8 Å². The normalized spacial score (nSPS) is 10.5. The molecule has 2 N–H and O–H groups in total. The van der Waals surface area contributed by atoms with Crippen LogP contribution in [0.4, 0.5) is 23.1 Å². The number of hydrogen-bond acceptors (Lipinski definition) is 5. The molecule has 0 radical (unpaired) electrons. The van der Waals surface area contributed by atoms with Crippen molar-refractivity contribution in [2.24, 2.45) is 0 Å². The average Bonchev–Trinajstić information content (AvgIpc) is 2.56. The Morgan fingerprint density at radius 2 is 1.79 bits per heavy atom. The number of nitrogens with zero attached hydrogens (tertiary/aromatic N) is 3. The van der Waals surface area contributed by atoms with Gasteiger partial charge in [-0.1, -0.05) is 29.8 Å². The van der Waals surface area contributed by atoms with Gasteiger partial charge in [-0.15, -0.1) is 5.10 Å². The van der Waals surface area contributed by atoms with E-state index in [4.69, 9.17) is 11.6 Å². The minimum Gasteiger partial charge on any atom is -0.339 e. The molecule has 3 rings (SSSR count). The van der Waals surface area contributed by atoms with Gasteiger partial charge in [0, 0.05) is 16.4 Å². The summed E-state index contributed by atoms with van der Waals surface area (Å²) in [7, 11) is 0. The van der Waals surface area contributed by atoms with E-state index in [1.54, 1.807) is 6.20 Å². The molecule has 0 bridgehead atoms. The highest BCUT2D eigenvalue weighted by molar-refractivity contribution is 6.31. The number of anilines is 4. The van der Waals surface area contributed by atoms with Crippen molar-refractivity contribution in [3.05, 3.63) is 64.3 Å². The lowest BCUT2D eigenvalue weighted by Gasteiger charge is -2.11. The predicted molar refractivity (Wildman–Crippen MR) is 98.5 cm³/mol. The van der Waals surface area contributed by atoms with Gasteiger partial charge >= 0.3 is 0 Å². The van der Waals surface area contributed by atoms with Crippen LogP contribution in [0.3, 0.4) is 0 Å². The smallest absolute Gasteiger partial charge is 0.249 e. The van der Waals surface area contributed by atoms with Crippen LogP contribution >= 0.6 is 11.6 Å². The largest absolute Gasteiger partial charge is 0.339 e. The van der Waals surface area contributed by atoms with Crippen LogP contribution in [0.2, 0.25) is 5.02 Å². The topological polar surface area (TPSA) is 62.7 Å². The molecule has 0 atom stereocenters. The maximum absolute atomic E-state index is 6.14. The zero-order chi connectivity index (χ0) is 17.1. The SMILES string of the molecule is Cc1ccc(C)c(Nc2cnnc(Nc3cccc(Cl)c3C)n2)c1. The molecule has 0 unspecified atom stereocenters. The van der Waals surface area contributed by atoms with Crippen LogP contribution in [-0.4, -0.2) is 15.2 Å². The fraction of sp³-hybridized carbons (Fsp3) is 0.167. The molecular formula is C18H18ClN5. The summed E-state index contributed by atoms with van der Waals surface area (Å²) in [6.45, 7) is 6.04. The maximum atomic E-state index is 6.14. The van der Waals surface area contributed by atoms with E-state index in [2.05, 4.69) is 50.9 Å². The third kappa shape index (κ3) is 3.63. The van der Waals surface area contributed by atoms with E-state index in [9.17, 15) is 0 Å². The molecule has 122 valence electrons. The van der Waals surface area contributed by atoms with Gasteiger partial charge < -0.3 is 10.6 Å². The molecule has 0 aliphatic rings. The van der Waals surface area contributed by atoms with Crippen LogP contribution < -0.4 is 10.6 Å². The Kier molecular flexibility index (Phi) is 4.62. The molecule has 0 spiro atoms. The van der Waals surface area contributed by atoms with Crippen LogP contribution in [0.1, 0.15) is 16.7 Å². The van der Waals surface area contributed by atoms with Gasteiger partial charge in [0.2, 0.25) is 5.95 Å². The van der Waals surface area contributed by atoms with Gasteiger partial charge in [0.15, 0.2) is 5.82 Å². The van der Waals surface area contributed by atoms with Crippen molar-refractivity contribution >= 4 is 34.7 Å². The van der Waals surface area contributed by atoms with Crippen LogP contribution in [0.25, 0.3) is 0 Å². The highest BCUT2D eigenvalue weighted by atomic mass is 35.5. The summed E-state index contributed by atoms with van der Waals surface area (Å²) in [4.78, 5) is 4.47. The Balaban J connectivity index is 1.84. The van der Waals surface area contributed by atoms with Crippen LogP contribution in [0, 0.1) is 20.8 Å². The zero-order valence-electron chi connectivity index (χ0n) is 13.8. The number of hydrogen-bond donors (Lipinski definition) is 2. The van der Waals surface area contributed by atoms with Gasteiger partial charge in [0.1, 0.15) is 0 Å². The van der Waals surface area contributed by atoms with Crippen molar-refractivity contribution in [3.63, 3.8) is 0 Å². The molecule has 3 aromatic rings. The summed E-state index contributed by atoms with van der Waals surface area (Å²) in [6.07, 6.45) is 1.60. The Morgan fingerprint density at radius 1 is 0.958 bits per heavy atom. The quantitative estimate of drug-likeness (QED) is 0.705. The number of benzene rings is 2. The van der Waals surface area contributed by atoms with E-state index in [1.165, 1.54) is 5.56 Å². The lowest BCUT2D eigenvalue weighted by Crippen LogP contribution is -2.04. The Labute approximate surface area is 146 Å². The van der Waals surface area contributed by atoms with Crippen molar-refractivity contribution in [1.82, 2.24) is 15.2 Å². The van der Waals surface area contributed by atoms with Gasteiger partial charge in [-0.3, -0.25) is 0 Å². The molecule has 6 heteroatoms. The fourth-order valence-electron chi connectivity index (χ4n) is 2.29. The van der Waals surface area contributed by atoms with E-state index in [-0.39, 0.29) is 0 Å². The monoisotopic (exact) mass is 339 g/mol. The molecule has 1 aromatic heterocycles. The molecule has 0 saturated heterocycles. The van der Waals surface area contributed by atoms with Crippen molar-refractivity contribution in [2.45, 2.75) is 20.8 Å². The van der Waals surface area contributed by atoms with Gasteiger partial charge in [-0.05, 0) is 55.7 Å². The lowest BCUT2D eigenvalue weighted by atomic mass is 10.1. The summed E-state index contributed by atoms with van der Waals surface area (Å²) in [5.74, 6) is 1.04. The van der Waals surface area contributed by atoms with E-state index >= 15 is 0 Å². The van der Waals surface area contributed by atoms with Crippen LogP contribution in [0.15, 0.2) is 42.6 Å². The van der Waals surface area contributed by atoms with Gasteiger partial charge in [0.25, 0.3) is 0 Å². The molecular weight excluding hydrogens is 322 g/mol. The first-order valence-electron chi connectivity index (χ1n) is 7.59. The molecule has 1 heterocycles. The van der Waals surface area contributed by atoms with Gasteiger partial charge in [0.05, 0.1) is 6.20 Å². The third-order valence-corrected chi connectivity index (χ3v) is 4.14. The predicted octanol–water partition coefficient (Wildman–Crippen LogP) is 4.94. The second-order valence-electron chi connectivity index (χ2n) is 5.65. The standard InChI is InChI=1S/C18H18ClN5/c1-11-7-8-12(2)16(9-11)21-17-10-20-24-18(23-17)22-15-6-4-5-14(19)13(15)3/h4-10H,1-3H3,(H2,21,22,23,24). The van der Waals surface area contributed by atoms with Gasteiger partial charge in [-0.25, -0.2) is 0 Å². The summed E-state index contributed by atoms with van der Waals surface area (Å²) >= 11 is 6.14. The minimum absolute atomic E-state index is 0.413. The molecule has 0 saturated carbocycles. The van der Waals surface area contributed by atoms with E-state index < -0.39 is 0 Å². The number of aryl methyl sites for hydroxylation is 2. The fourth-order valence-corrected chi connectivity index (χ4v) is 2.46. The molecule has 0 aliphatic carbocycles. The third-order valence-electron chi connectivity index (χ3n) is 3.73. The molecule has 0 aliphatic heterocycles. The van der Waals surface area contributed by atoms with Crippen molar-refractivity contribution in [1.29, 1.82) is 0 Å². The van der Waals surface area contributed by atoms with Crippen LogP contribution in [0.5, 0.6) is 0 Å². The van der Waals surface area contributed by atoms with Crippen LogP contribution in [-0.2, 0) is 0 Å². The number of nitrogens with one attached hydrogen (secondary N) is 2. The molecule has 0 fully saturated rings. The lowest BCUT2D eigenvalue weighted by molar-refractivity contribution is 0.981. The first-order chi connectivity index (χ1) is 11.5. The molecule has 5 nitrogen and oxygen atoms in total. The Hall–Kier alpha value is -2.66. The zero-order valence-corrected chi connectivity index (χ0v) is 14.5. The second kappa shape index (κ2) is 6.84. The number of rotatable bonds is 4.